The van der Waals surface area contributed by atoms with Crippen molar-refractivity contribution in [1.29, 1.82) is 5.26 Å². The molecule has 1 aromatic heterocycles. The molecule has 35 heavy (non-hydrogen) atoms. The number of nitrogens with zero attached hydrogens (tertiary/aromatic N) is 4. The smallest absolute Gasteiger partial charge is 0.419 e. The van der Waals surface area contributed by atoms with Gasteiger partial charge in [-0.2, -0.15) is 18.4 Å². The molecule has 8 nitrogen and oxygen atoms in total. The van der Waals surface area contributed by atoms with Crippen LogP contribution in [0.5, 0.6) is 0 Å². The zero-order valence-corrected chi connectivity index (χ0v) is 18.7. The molecule has 0 N–H and O–H groups in total. The van der Waals surface area contributed by atoms with E-state index in [4.69, 9.17) is 5.26 Å². The number of halogens is 4. The molecule has 182 valence electrons. The SMILES string of the molecule is COC(=O)/C=C/c1ccc(CN2C(=O)N(c3cnc(C#N)c(C(F)(F)F)c3)C(=O)C2(C)C)c(F)c1. The van der Waals surface area contributed by atoms with Gasteiger partial charge in [0.1, 0.15) is 17.4 Å². The molecule has 12 heteroatoms. The third-order valence-electron chi connectivity index (χ3n) is 5.38. The highest BCUT2D eigenvalue weighted by Crippen LogP contribution is 2.37. The number of alkyl halides is 3. The topological polar surface area (TPSA) is 104 Å². The van der Waals surface area contributed by atoms with Gasteiger partial charge in [0.05, 0.1) is 31.1 Å². The predicted octanol–water partition coefficient (Wildman–Crippen LogP) is 4.04. The Morgan fingerprint density at radius 2 is 1.94 bits per heavy atom. The highest BCUT2D eigenvalue weighted by molar-refractivity contribution is 6.22. The van der Waals surface area contributed by atoms with Crippen LogP contribution in [0.2, 0.25) is 0 Å². The van der Waals surface area contributed by atoms with Crippen LogP contribution < -0.4 is 4.90 Å². The molecule has 2 aromatic rings. The van der Waals surface area contributed by atoms with E-state index in [2.05, 4.69) is 9.72 Å². The zero-order chi connectivity index (χ0) is 26.1. The number of benzene rings is 1. The predicted molar refractivity (Wildman–Crippen MR) is 114 cm³/mol. The lowest BCUT2D eigenvalue weighted by atomic mass is 10.0. The van der Waals surface area contributed by atoms with Crippen molar-refractivity contribution < 1.29 is 36.7 Å². The van der Waals surface area contributed by atoms with Gasteiger partial charge in [-0.05, 0) is 37.6 Å². The van der Waals surface area contributed by atoms with E-state index in [9.17, 15) is 31.9 Å². The quantitative estimate of drug-likeness (QED) is 0.271. The molecule has 3 rings (SSSR count). The number of esters is 1. The minimum atomic E-state index is -4.94. The lowest BCUT2D eigenvalue weighted by Gasteiger charge is -2.27. The van der Waals surface area contributed by atoms with Crippen LogP contribution in [0.1, 0.15) is 36.2 Å². The number of rotatable bonds is 5. The summed E-state index contributed by atoms with van der Waals surface area (Å²) < 4.78 is 59.2. The molecule has 0 unspecified atom stereocenters. The average molecular weight is 490 g/mol. The Labute approximate surface area is 197 Å². The number of anilines is 1. The number of aromatic nitrogens is 1. The molecular weight excluding hydrogens is 472 g/mol. The third-order valence-corrected chi connectivity index (χ3v) is 5.38. The van der Waals surface area contributed by atoms with Crippen LogP contribution in [-0.2, 0) is 27.0 Å². The first-order valence-electron chi connectivity index (χ1n) is 9.99. The number of carbonyl (C=O) groups excluding carboxylic acids is 3. The number of pyridine rings is 1. The van der Waals surface area contributed by atoms with E-state index in [1.54, 1.807) is 0 Å². The van der Waals surface area contributed by atoms with Gasteiger partial charge in [-0.3, -0.25) is 4.79 Å². The number of carbonyl (C=O) groups is 3. The number of hydrogen-bond donors (Lipinski definition) is 0. The van der Waals surface area contributed by atoms with E-state index in [-0.39, 0.29) is 12.1 Å². The Kier molecular flexibility index (Phi) is 6.64. The van der Waals surface area contributed by atoms with Crippen LogP contribution in [0.15, 0.2) is 36.5 Å². The van der Waals surface area contributed by atoms with Crippen molar-refractivity contribution in [2.24, 2.45) is 0 Å². The van der Waals surface area contributed by atoms with Gasteiger partial charge in [-0.15, -0.1) is 0 Å². The molecule has 1 aliphatic rings. The summed E-state index contributed by atoms with van der Waals surface area (Å²) in [7, 11) is 1.19. The fourth-order valence-electron chi connectivity index (χ4n) is 3.41. The van der Waals surface area contributed by atoms with Crippen LogP contribution in [0.4, 0.5) is 28.0 Å². The van der Waals surface area contributed by atoms with E-state index in [0.717, 1.165) is 23.2 Å². The van der Waals surface area contributed by atoms with Gasteiger partial charge in [0, 0.05) is 11.6 Å². The van der Waals surface area contributed by atoms with Crippen molar-refractivity contribution in [3.05, 3.63) is 64.7 Å². The Morgan fingerprint density at radius 3 is 2.51 bits per heavy atom. The Morgan fingerprint density at radius 1 is 1.26 bits per heavy atom. The Hall–Kier alpha value is -4.27. The fraction of sp³-hybridized carbons (Fsp3) is 0.261. The van der Waals surface area contributed by atoms with E-state index in [0.29, 0.717) is 16.5 Å². The van der Waals surface area contributed by atoms with Crippen molar-refractivity contribution in [3.8, 4) is 6.07 Å². The molecule has 1 aromatic carbocycles. The second-order valence-electron chi connectivity index (χ2n) is 7.97. The number of ether oxygens (including phenoxy) is 1. The normalized spacial score (nSPS) is 15.6. The van der Waals surface area contributed by atoms with Crippen LogP contribution in [0.25, 0.3) is 6.08 Å². The molecule has 1 fully saturated rings. The lowest BCUT2D eigenvalue weighted by Crippen LogP contribution is -2.43. The molecule has 0 spiro atoms. The first-order valence-corrected chi connectivity index (χ1v) is 9.99. The summed E-state index contributed by atoms with van der Waals surface area (Å²) in [6, 6.07) is 4.80. The second-order valence-corrected chi connectivity index (χ2v) is 7.97. The zero-order valence-electron chi connectivity index (χ0n) is 18.7. The lowest BCUT2D eigenvalue weighted by molar-refractivity contribution is -0.138. The van der Waals surface area contributed by atoms with Gasteiger partial charge < -0.3 is 9.64 Å². The number of methoxy groups -OCH3 is 1. The van der Waals surface area contributed by atoms with E-state index in [1.807, 2.05) is 0 Å². The first-order chi connectivity index (χ1) is 16.3. The molecule has 3 amide bonds. The number of amides is 3. The standard InChI is InChI=1S/C23H18F4N4O4/c1-22(2)20(33)31(15-9-16(23(25,26)27)18(10-28)29-11-15)21(34)30(22)12-14-6-4-13(8-17(14)24)5-7-19(32)35-3/h4-9,11H,12H2,1-3H3/b7-5+. The molecule has 0 bridgehead atoms. The molecule has 1 saturated heterocycles. The van der Waals surface area contributed by atoms with E-state index >= 15 is 0 Å². The van der Waals surface area contributed by atoms with Crippen LogP contribution in [0, 0.1) is 17.1 Å². The number of nitriles is 1. The monoisotopic (exact) mass is 490 g/mol. The van der Waals surface area contributed by atoms with E-state index < -0.39 is 52.4 Å². The van der Waals surface area contributed by atoms with Crippen molar-refractivity contribution in [3.63, 3.8) is 0 Å². The second kappa shape index (κ2) is 9.17. The summed E-state index contributed by atoms with van der Waals surface area (Å²) in [5, 5.41) is 8.92. The van der Waals surface area contributed by atoms with Gasteiger partial charge >= 0.3 is 18.2 Å². The summed E-state index contributed by atoms with van der Waals surface area (Å²) in [4.78, 5) is 42.3. The van der Waals surface area contributed by atoms with Crippen LogP contribution >= 0.6 is 0 Å². The molecular formula is C23H18F4N4O4. The van der Waals surface area contributed by atoms with Crippen molar-refractivity contribution >= 4 is 29.7 Å². The highest BCUT2D eigenvalue weighted by atomic mass is 19.4. The minimum Gasteiger partial charge on any atom is -0.466 e. The summed E-state index contributed by atoms with van der Waals surface area (Å²) in [5.41, 5.74) is -3.92. The van der Waals surface area contributed by atoms with Gasteiger partial charge in [-0.25, -0.2) is 23.9 Å². The summed E-state index contributed by atoms with van der Waals surface area (Å²) in [5.74, 6) is -2.21. The molecule has 1 aliphatic heterocycles. The average Bonchev–Trinajstić information content (AvgIpc) is 2.96. The van der Waals surface area contributed by atoms with Gasteiger partial charge in [0.25, 0.3) is 5.91 Å². The molecule has 0 radical (unpaired) electrons. The number of hydrogen-bond acceptors (Lipinski definition) is 6. The summed E-state index contributed by atoms with van der Waals surface area (Å²) in [6.45, 7) is 2.39. The highest BCUT2D eigenvalue weighted by Gasteiger charge is 2.52. The Bertz CT molecular complexity index is 1280. The molecule has 0 atom stereocenters. The summed E-state index contributed by atoms with van der Waals surface area (Å²) in [6.07, 6.45) is -1.70. The molecule has 0 aliphatic carbocycles. The largest absolute Gasteiger partial charge is 0.466 e. The van der Waals surface area contributed by atoms with Crippen molar-refractivity contribution in [2.75, 3.05) is 12.0 Å². The minimum absolute atomic E-state index is 0.0326. The first kappa shape index (κ1) is 25.4. The molecule has 0 saturated carbocycles. The van der Waals surface area contributed by atoms with Crippen LogP contribution in [-0.4, -0.2) is 40.4 Å². The fourth-order valence-corrected chi connectivity index (χ4v) is 3.41. The van der Waals surface area contributed by atoms with Gasteiger partial charge in [0.15, 0.2) is 5.69 Å². The maximum atomic E-state index is 14.7. The maximum absolute atomic E-state index is 14.7. The van der Waals surface area contributed by atoms with Crippen molar-refractivity contribution in [1.82, 2.24) is 9.88 Å². The van der Waals surface area contributed by atoms with Gasteiger partial charge in [0.2, 0.25) is 0 Å². The van der Waals surface area contributed by atoms with Crippen LogP contribution in [0.3, 0.4) is 0 Å². The number of urea groups is 1. The van der Waals surface area contributed by atoms with Gasteiger partial charge in [-0.1, -0.05) is 12.1 Å². The number of imide groups is 1. The Balaban J connectivity index is 1.94. The third kappa shape index (κ3) is 4.84. The maximum Gasteiger partial charge on any atom is 0.419 e. The van der Waals surface area contributed by atoms with E-state index in [1.165, 1.54) is 45.2 Å². The van der Waals surface area contributed by atoms with Crippen molar-refractivity contribution in [2.45, 2.75) is 32.1 Å². The summed E-state index contributed by atoms with van der Waals surface area (Å²) >= 11 is 0. The molecule has 2 heterocycles.